The summed E-state index contributed by atoms with van der Waals surface area (Å²) >= 11 is 0. The first-order chi connectivity index (χ1) is 8.28. The van der Waals surface area contributed by atoms with Crippen LogP contribution in [0.3, 0.4) is 0 Å². The van der Waals surface area contributed by atoms with Gasteiger partial charge in [0, 0.05) is 31.9 Å². The third kappa shape index (κ3) is 1.86. The van der Waals surface area contributed by atoms with Gasteiger partial charge >= 0.3 is 0 Å². The number of nitrogens with zero attached hydrogens (tertiary/aromatic N) is 2. The first kappa shape index (κ1) is 10.8. The summed E-state index contributed by atoms with van der Waals surface area (Å²) in [6, 6.07) is 2.13. The number of hydrogen-bond acceptors (Lipinski definition) is 4. The molecule has 92 valence electrons. The van der Waals surface area contributed by atoms with Crippen molar-refractivity contribution in [1.82, 2.24) is 10.3 Å². The maximum absolute atomic E-state index is 5.42. The molecule has 2 aliphatic rings. The van der Waals surface area contributed by atoms with Crippen molar-refractivity contribution in [3.63, 3.8) is 0 Å². The predicted octanol–water partition coefficient (Wildman–Crippen LogP) is 1.05. The van der Waals surface area contributed by atoms with Gasteiger partial charge in [-0.25, -0.2) is 0 Å². The summed E-state index contributed by atoms with van der Waals surface area (Å²) in [6.45, 7) is 6.62. The molecule has 4 nitrogen and oxygen atoms in total. The van der Waals surface area contributed by atoms with Crippen LogP contribution in [0.1, 0.15) is 5.69 Å². The van der Waals surface area contributed by atoms with Gasteiger partial charge in [-0.1, -0.05) is 0 Å². The summed E-state index contributed by atoms with van der Waals surface area (Å²) in [5, 5.41) is 3.47. The second-order valence-corrected chi connectivity index (χ2v) is 5.08. The Kier molecular flexibility index (Phi) is 2.67. The Morgan fingerprint density at radius 1 is 1.35 bits per heavy atom. The van der Waals surface area contributed by atoms with Crippen LogP contribution in [-0.2, 0) is 0 Å². The third-order valence-electron chi connectivity index (χ3n) is 3.93. The number of aryl methyl sites for hydroxylation is 1. The molecule has 0 saturated carbocycles. The number of methoxy groups -OCH3 is 1. The standard InChI is InChI=1S/C13H19N3O/c1-9-3-12(13(17-2)6-15-9)16-7-10-4-14-5-11(10)8-16/h3,6,10-11,14H,4-5,7-8H2,1-2H3. The fourth-order valence-electron chi connectivity index (χ4n) is 2.99. The van der Waals surface area contributed by atoms with Crippen molar-refractivity contribution in [2.45, 2.75) is 6.92 Å². The van der Waals surface area contributed by atoms with Gasteiger partial charge in [0.15, 0.2) is 5.75 Å². The molecule has 0 spiro atoms. The number of rotatable bonds is 2. The van der Waals surface area contributed by atoms with E-state index in [1.165, 1.54) is 5.69 Å². The van der Waals surface area contributed by atoms with E-state index in [-0.39, 0.29) is 0 Å². The second kappa shape index (κ2) is 4.18. The topological polar surface area (TPSA) is 37.4 Å². The lowest BCUT2D eigenvalue weighted by Crippen LogP contribution is -2.25. The number of nitrogens with one attached hydrogen (secondary N) is 1. The molecule has 1 aromatic heterocycles. The molecule has 2 unspecified atom stereocenters. The molecule has 2 aliphatic heterocycles. The minimum Gasteiger partial charge on any atom is -0.493 e. The van der Waals surface area contributed by atoms with Gasteiger partial charge in [-0.15, -0.1) is 0 Å². The Hall–Kier alpha value is -1.29. The number of fused-ring (bicyclic) bond motifs is 1. The molecule has 2 saturated heterocycles. The lowest BCUT2D eigenvalue weighted by Gasteiger charge is -2.22. The van der Waals surface area contributed by atoms with E-state index in [4.69, 9.17) is 4.74 Å². The number of aromatic nitrogens is 1. The van der Waals surface area contributed by atoms with Crippen LogP contribution in [0.2, 0.25) is 0 Å². The predicted molar refractivity (Wildman–Crippen MR) is 67.6 cm³/mol. The molecule has 3 rings (SSSR count). The quantitative estimate of drug-likeness (QED) is 0.828. The van der Waals surface area contributed by atoms with Gasteiger partial charge in [0.25, 0.3) is 0 Å². The highest BCUT2D eigenvalue weighted by atomic mass is 16.5. The van der Waals surface area contributed by atoms with E-state index in [0.717, 1.165) is 49.5 Å². The van der Waals surface area contributed by atoms with Crippen LogP contribution in [0.25, 0.3) is 0 Å². The molecule has 1 aromatic rings. The molecule has 3 heterocycles. The summed E-state index contributed by atoms with van der Waals surface area (Å²) in [5.74, 6) is 2.49. The molecule has 0 radical (unpaired) electrons. The molecule has 1 N–H and O–H groups in total. The summed E-state index contributed by atoms with van der Waals surface area (Å²) in [7, 11) is 1.72. The molecule has 17 heavy (non-hydrogen) atoms. The van der Waals surface area contributed by atoms with Crippen molar-refractivity contribution in [2.24, 2.45) is 11.8 Å². The molecular formula is C13H19N3O. The van der Waals surface area contributed by atoms with Gasteiger partial charge in [0.2, 0.25) is 0 Å². The Morgan fingerprint density at radius 2 is 2.06 bits per heavy atom. The van der Waals surface area contributed by atoms with Gasteiger partial charge in [-0.3, -0.25) is 4.98 Å². The van der Waals surface area contributed by atoms with E-state index in [1.54, 1.807) is 7.11 Å². The van der Waals surface area contributed by atoms with Crippen molar-refractivity contribution in [3.8, 4) is 5.75 Å². The lowest BCUT2D eigenvalue weighted by atomic mass is 10.0. The van der Waals surface area contributed by atoms with E-state index in [0.29, 0.717) is 0 Å². The van der Waals surface area contributed by atoms with Crippen LogP contribution < -0.4 is 15.0 Å². The highest BCUT2D eigenvalue weighted by Gasteiger charge is 2.36. The van der Waals surface area contributed by atoms with Crippen molar-refractivity contribution in [2.75, 3.05) is 38.2 Å². The number of anilines is 1. The average molecular weight is 233 g/mol. The third-order valence-corrected chi connectivity index (χ3v) is 3.93. The van der Waals surface area contributed by atoms with Gasteiger partial charge in [-0.2, -0.15) is 0 Å². The molecule has 0 bridgehead atoms. The van der Waals surface area contributed by atoms with Crippen LogP contribution >= 0.6 is 0 Å². The monoisotopic (exact) mass is 233 g/mol. The number of hydrogen-bond donors (Lipinski definition) is 1. The maximum atomic E-state index is 5.42. The SMILES string of the molecule is COc1cnc(C)cc1N1CC2CNCC2C1. The molecule has 0 aliphatic carbocycles. The summed E-state index contributed by atoms with van der Waals surface area (Å²) in [6.07, 6.45) is 1.83. The minimum absolute atomic E-state index is 0.799. The molecule has 2 fully saturated rings. The fraction of sp³-hybridized carbons (Fsp3) is 0.615. The Morgan fingerprint density at radius 3 is 2.71 bits per heavy atom. The molecular weight excluding hydrogens is 214 g/mol. The van der Waals surface area contributed by atoms with E-state index >= 15 is 0 Å². The molecule has 0 amide bonds. The average Bonchev–Trinajstić information content (AvgIpc) is 2.88. The van der Waals surface area contributed by atoms with Gasteiger partial charge in [-0.05, 0) is 24.8 Å². The zero-order chi connectivity index (χ0) is 11.8. The maximum Gasteiger partial charge on any atom is 0.160 e. The zero-order valence-corrected chi connectivity index (χ0v) is 10.4. The smallest absolute Gasteiger partial charge is 0.160 e. The Labute approximate surface area is 102 Å². The molecule has 0 aromatic carbocycles. The van der Waals surface area contributed by atoms with Gasteiger partial charge in [0.05, 0.1) is 19.0 Å². The number of ether oxygens (including phenoxy) is 1. The van der Waals surface area contributed by atoms with Crippen molar-refractivity contribution >= 4 is 5.69 Å². The first-order valence-electron chi connectivity index (χ1n) is 6.24. The minimum atomic E-state index is 0.799. The highest BCUT2D eigenvalue weighted by Crippen LogP contribution is 2.35. The Balaban J connectivity index is 1.87. The largest absolute Gasteiger partial charge is 0.493 e. The van der Waals surface area contributed by atoms with Crippen molar-refractivity contribution in [1.29, 1.82) is 0 Å². The van der Waals surface area contributed by atoms with Crippen LogP contribution in [0.4, 0.5) is 5.69 Å². The van der Waals surface area contributed by atoms with E-state index in [1.807, 2.05) is 13.1 Å². The van der Waals surface area contributed by atoms with Crippen LogP contribution in [0.5, 0.6) is 5.75 Å². The normalized spacial score (nSPS) is 27.3. The Bertz CT molecular complexity index is 409. The zero-order valence-electron chi connectivity index (χ0n) is 10.4. The molecule has 2 atom stereocenters. The van der Waals surface area contributed by atoms with E-state index < -0.39 is 0 Å². The lowest BCUT2D eigenvalue weighted by molar-refractivity contribution is 0.412. The van der Waals surface area contributed by atoms with Crippen molar-refractivity contribution in [3.05, 3.63) is 18.0 Å². The second-order valence-electron chi connectivity index (χ2n) is 5.08. The van der Waals surface area contributed by atoms with Crippen molar-refractivity contribution < 1.29 is 4.74 Å². The van der Waals surface area contributed by atoms with E-state index in [2.05, 4.69) is 21.3 Å². The van der Waals surface area contributed by atoms with E-state index in [9.17, 15) is 0 Å². The highest BCUT2D eigenvalue weighted by molar-refractivity contribution is 5.59. The van der Waals surface area contributed by atoms with Crippen LogP contribution in [0, 0.1) is 18.8 Å². The van der Waals surface area contributed by atoms with Crippen LogP contribution in [-0.4, -0.2) is 38.3 Å². The summed E-state index contributed by atoms with van der Waals surface area (Å²) < 4.78 is 5.42. The fourth-order valence-corrected chi connectivity index (χ4v) is 2.99. The van der Waals surface area contributed by atoms with Gasteiger partial charge in [0.1, 0.15) is 0 Å². The van der Waals surface area contributed by atoms with Crippen LogP contribution in [0.15, 0.2) is 12.3 Å². The summed E-state index contributed by atoms with van der Waals surface area (Å²) in [4.78, 5) is 6.74. The van der Waals surface area contributed by atoms with Gasteiger partial charge < -0.3 is 15.0 Å². The molecule has 4 heteroatoms. The number of pyridine rings is 1. The first-order valence-corrected chi connectivity index (χ1v) is 6.24. The summed E-state index contributed by atoms with van der Waals surface area (Å²) in [5.41, 5.74) is 2.25.